The van der Waals surface area contributed by atoms with E-state index < -0.39 is 0 Å². The second-order valence-corrected chi connectivity index (χ2v) is 6.64. The van der Waals surface area contributed by atoms with Crippen LogP contribution in [0.5, 0.6) is 0 Å². The molecule has 0 radical (unpaired) electrons. The Morgan fingerprint density at radius 3 is 2.63 bits per heavy atom. The van der Waals surface area contributed by atoms with Crippen molar-refractivity contribution in [3.05, 3.63) is 88.3 Å². The zero-order chi connectivity index (χ0) is 19.1. The largest absolute Gasteiger partial charge is 0.366 e. The van der Waals surface area contributed by atoms with Gasteiger partial charge in [-0.1, -0.05) is 48.0 Å². The molecule has 1 amide bonds. The van der Waals surface area contributed by atoms with Crippen molar-refractivity contribution in [2.24, 2.45) is 0 Å². The molecule has 0 bridgehead atoms. The first-order valence-corrected chi connectivity index (χ1v) is 9.12. The lowest BCUT2D eigenvalue weighted by Gasteiger charge is -2.09. The topological polar surface area (TPSA) is 66.9 Å². The number of amides is 1. The molecule has 138 valence electrons. The number of nitrogens with zero attached hydrogens (tertiary/aromatic N) is 2. The summed E-state index contributed by atoms with van der Waals surface area (Å²) in [6.07, 6.45) is 2.13. The van der Waals surface area contributed by atoms with Gasteiger partial charge < -0.3 is 10.6 Å². The standard InChI is InChI=1S/C21H21ClN4O/c1-15-4-2-3-5-17(15)13-24-20-12-19(25-14-26-20)21(27)23-11-10-16-6-8-18(22)9-7-16/h2-9,12,14H,10-11,13H2,1H3,(H,23,27)(H,24,25,26). The lowest BCUT2D eigenvalue weighted by atomic mass is 10.1. The Bertz CT molecular complexity index is 912. The van der Waals surface area contributed by atoms with Crippen molar-refractivity contribution < 1.29 is 4.79 Å². The van der Waals surface area contributed by atoms with Crippen LogP contribution in [-0.4, -0.2) is 22.4 Å². The molecule has 5 nitrogen and oxygen atoms in total. The maximum atomic E-state index is 12.3. The number of benzene rings is 2. The second kappa shape index (κ2) is 9.14. The Labute approximate surface area is 163 Å². The number of nitrogens with one attached hydrogen (secondary N) is 2. The minimum Gasteiger partial charge on any atom is -0.366 e. The number of hydrogen-bond donors (Lipinski definition) is 2. The second-order valence-electron chi connectivity index (χ2n) is 6.20. The third-order valence-corrected chi connectivity index (χ3v) is 4.49. The molecule has 6 heteroatoms. The lowest BCUT2D eigenvalue weighted by Crippen LogP contribution is -2.26. The van der Waals surface area contributed by atoms with Gasteiger partial charge in [0, 0.05) is 24.2 Å². The van der Waals surface area contributed by atoms with Gasteiger partial charge in [-0.25, -0.2) is 9.97 Å². The molecule has 2 N–H and O–H groups in total. The van der Waals surface area contributed by atoms with Crippen molar-refractivity contribution in [2.75, 3.05) is 11.9 Å². The highest BCUT2D eigenvalue weighted by atomic mass is 35.5. The predicted octanol–water partition coefficient (Wildman–Crippen LogP) is 4.02. The Morgan fingerprint density at radius 2 is 1.85 bits per heavy atom. The number of carbonyl (C=O) groups is 1. The van der Waals surface area contributed by atoms with Gasteiger partial charge in [-0.05, 0) is 42.2 Å². The highest BCUT2D eigenvalue weighted by molar-refractivity contribution is 6.30. The molecule has 0 saturated heterocycles. The molecular formula is C21H21ClN4O. The average Bonchev–Trinajstić information content (AvgIpc) is 2.69. The molecule has 3 rings (SSSR count). The zero-order valence-electron chi connectivity index (χ0n) is 15.1. The predicted molar refractivity (Wildman–Crippen MR) is 108 cm³/mol. The van der Waals surface area contributed by atoms with Crippen LogP contribution >= 0.6 is 11.6 Å². The third kappa shape index (κ3) is 5.53. The summed E-state index contributed by atoms with van der Waals surface area (Å²) in [4.78, 5) is 20.6. The Balaban J connectivity index is 1.53. The first-order chi connectivity index (χ1) is 13.1. The van der Waals surface area contributed by atoms with E-state index in [0.717, 1.165) is 12.0 Å². The average molecular weight is 381 g/mol. The molecule has 0 fully saturated rings. The van der Waals surface area contributed by atoms with Crippen molar-refractivity contribution in [1.82, 2.24) is 15.3 Å². The van der Waals surface area contributed by atoms with Crippen molar-refractivity contribution in [3.8, 4) is 0 Å². The van der Waals surface area contributed by atoms with Crippen LogP contribution in [0.1, 0.15) is 27.2 Å². The summed E-state index contributed by atoms with van der Waals surface area (Å²) in [6.45, 7) is 3.23. The van der Waals surface area contributed by atoms with E-state index in [1.165, 1.54) is 17.5 Å². The number of rotatable bonds is 7. The van der Waals surface area contributed by atoms with Crippen molar-refractivity contribution in [1.29, 1.82) is 0 Å². The van der Waals surface area contributed by atoms with Gasteiger partial charge in [-0.2, -0.15) is 0 Å². The van der Waals surface area contributed by atoms with Gasteiger partial charge in [0.15, 0.2) is 0 Å². The maximum absolute atomic E-state index is 12.3. The van der Waals surface area contributed by atoms with Gasteiger partial charge in [0.1, 0.15) is 17.8 Å². The molecule has 0 saturated carbocycles. The zero-order valence-corrected chi connectivity index (χ0v) is 15.8. The first-order valence-electron chi connectivity index (χ1n) is 8.75. The van der Waals surface area contributed by atoms with Crippen molar-refractivity contribution >= 4 is 23.3 Å². The summed E-state index contributed by atoms with van der Waals surface area (Å²) >= 11 is 5.87. The van der Waals surface area contributed by atoms with Crippen LogP contribution in [0.3, 0.4) is 0 Å². The number of aryl methyl sites for hydroxylation is 1. The minimum absolute atomic E-state index is 0.217. The molecule has 1 aromatic heterocycles. The molecule has 0 spiro atoms. The van der Waals surface area contributed by atoms with Gasteiger partial charge in [-0.15, -0.1) is 0 Å². The molecule has 2 aromatic carbocycles. The maximum Gasteiger partial charge on any atom is 0.270 e. The molecule has 3 aromatic rings. The van der Waals surface area contributed by atoms with Crippen LogP contribution in [0.2, 0.25) is 5.02 Å². The van der Waals surface area contributed by atoms with E-state index in [4.69, 9.17) is 11.6 Å². The van der Waals surface area contributed by atoms with Gasteiger partial charge in [0.25, 0.3) is 5.91 Å². The lowest BCUT2D eigenvalue weighted by molar-refractivity contribution is 0.0949. The van der Waals surface area contributed by atoms with Crippen LogP contribution in [0.4, 0.5) is 5.82 Å². The fourth-order valence-corrected chi connectivity index (χ4v) is 2.76. The third-order valence-electron chi connectivity index (χ3n) is 4.23. The molecule has 27 heavy (non-hydrogen) atoms. The highest BCUT2D eigenvalue weighted by Gasteiger charge is 2.08. The normalized spacial score (nSPS) is 10.4. The summed E-state index contributed by atoms with van der Waals surface area (Å²) in [5.74, 6) is 0.404. The SMILES string of the molecule is Cc1ccccc1CNc1cc(C(=O)NCCc2ccc(Cl)cc2)ncn1. The molecule has 0 atom stereocenters. The summed E-state index contributed by atoms with van der Waals surface area (Å²) in [7, 11) is 0. The molecular weight excluding hydrogens is 360 g/mol. The van der Waals surface area contributed by atoms with E-state index in [-0.39, 0.29) is 5.91 Å². The van der Waals surface area contributed by atoms with E-state index in [1.807, 2.05) is 36.4 Å². The van der Waals surface area contributed by atoms with Crippen molar-refractivity contribution in [2.45, 2.75) is 19.9 Å². The van der Waals surface area contributed by atoms with Gasteiger partial charge >= 0.3 is 0 Å². The molecule has 0 aliphatic heterocycles. The van der Waals surface area contributed by atoms with E-state index >= 15 is 0 Å². The Hall–Kier alpha value is -2.92. The van der Waals surface area contributed by atoms with Crippen LogP contribution in [0.15, 0.2) is 60.9 Å². The summed E-state index contributed by atoms with van der Waals surface area (Å²) in [6, 6.07) is 17.4. The number of halogens is 1. The van der Waals surface area contributed by atoms with Gasteiger partial charge in [0.05, 0.1) is 0 Å². The smallest absolute Gasteiger partial charge is 0.270 e. The molecule has 0 aliphatic carbocycles. The molecule has 0 unspecified atom stereocenters. The summed E-state index contributed by atoms with van der Waals surface area (Å²) < 4.78 is 0. The Morgan fingerprint density at radius 1 is 1.07 bits per heavy atom. The van der Waals surface area contributed by atoms with E-state index in [1.54, 1.807) is 6.07 Å². The van der Waals surface area contributed by atoms with Crippen molar-refractivity contribution in [3.63, 3.8) is 0 Å². The fourth-order valence-electron chi connectivity index (χ4n) is 2.63. The number of aromatic nitrogens is 2. The van der Waals surface area contributed by atoms with E-state index in [0.29, 0.717) is 29.6 Å². The monoisotopic (exact) mass is 380 g/mol. The van der Waals surface area contributed by atoms with Gasteiger partial charge in [-0.3, -0.25) is 4.79 Å². The number of anilines is 1. The van der Waals surface area contributed by atoms with Crippen LogP contribution in [0.25, 0.3) is 0 Å². The fraction of sp³-hybridized carbons (Fsp3) is 0.190. The Kier molecular flexibility index (Phi) is 6.39. The summed E-state index contributed by atoms with van der Waals surface area (Å²) in [5.41, 5.74) is 3.85. The molecule has 0 aliphatic rings. The van der Waals surface area contributed by atoms with Crippen LogP contribution < -0.4 is 10.6 Å². The quantitative estimate of drug-likeness (QED) is 0.649. The summed E-state index contributed by atoms with van der Waals surface area (Å²) in [5, 5.41) is 6.83. The number of hydrogen-bond acceptors (Lipinski definition) is 4. The minimum atomic E-state index is -0.217. The molecule has 1 heterocycles. The number of carbonyl (C=O) groups excluding carboxylic acids is 1. The first kappa shape index (κ1) is 18.9. The highest BCUT2D eigenvalue weighted by Crippen LogP contribution is 2.11. The van der Waals surface area contributed by atoms with E-state index in [2.05, 4.69) is 39.7 Å². The van der Waals surface area contributed by atoms with Crippen LogP contribution in [0, 0.1) is 6.92 Å². The van der Waals surface area contributed by atoms with Crippen LogP contribution in [-0.2, 0) is 13.0 Å². The van der Waals surface area contributed by atoms with E-state index in [9.17, 15) is 4.79 Å². The van der Waals surface area contributed by atoms with Gasteiger partial charge in [0.2, 0.25) is 0 Å².